The molecule has 0 fully saturated rings. The Bertz CT molecular complexity index is 3540. The molecule has 12 aromatic rings. The molecule has 0 saturated heterocycles. The molecule has 0 N–H and O–H groups in total. The van der Waals surface area contributed by atoms with Crippen molar-refractivity contribution in [3.63, 3.8) is 0 Å². The lowest BCUT2D eigenvalue weighted by Crippen LogP contribution is -2.09. The van der Waals surface area contributed by atoms with Gasteiger partial charge in [-0.2, -0.15) is 0 Å². The smallest absolute Gasteiger partial charge is 0.136 e. The number of aromatic nitrogens is 1. The largest absolute Gasteiger partial charge is 0.456 e. The van der Waals surface area contributed by atoms with Crippen LogP contribution in [-0.2, 0) is 0 Å². The predicted octanol–water partition coefficient (Wildman–Crippen LogP) is 15.8. The quantitative estimate of drug-likeness (QED) is 0.169. The van der Waals surface area contributed by atoms with E-state index >= 15 is 0 Å². The van der Waals surface area contributed by atoms with Gasteiger partial charge in [0, 0.05) is 49.7 Å². The number of anilines is 3. The zero-order valence-electron chi connectivity index (χ0n) is 32.1. The van der Waals surface area contributed by atoms with Crippen LogP contribution in [0.1, 0.15) is 0 Å². The van der Waals surface area contributed by atoms with Gasteiger partial charge in [0.2, 0.25) is 0 Å². The van der Waals surface area contributed by atoms with E-state index in [-0.39, 0.29) is 0 Å². The Balaban J connectivity index is 0.996. The van der Waals surface area contributed by atoms with E-state index in [9.17, 15) is 0 Å². The van der Waals surface area contributed by atoms with E-state index in [0.717, 1.165) is 55.6 Å². The van der Waals surface area contributed by atoms with Crippen molar-refractivity contribution in [2.75, 3.05) is 4.90 Å². The van der Waals surface area contributed by atoms with Crippen molar-refractivity contribution in [3.8, 4) is 27.9 Å². The van der Waals surface area contributed by atoms with Crippen LogP contribution in [0.2, 0.25) is 0 Å². The first-order valence-electron chi connectivity index (χ1n) is 20.2. The molecule has 0 saturated carbocycles. The average molecular weight is 753 g/mol. The van der Waals surface area contributed by atoms with Crippen LogP contribution in [0.5, 0.6) is 0 Å². The Morgan fingerprint density at radius 3 is 1.85 bits per heavy atom. The molecule has 0 aliphatic rings. The Morgan fingerprint density at radius 1 is 0.322 bits per heavy atom. The van der Waals surface area contributed by atoms with Gasteiger partial charge in [-0.15, -0.1) is 0 Å². The van der Waals surface area contributed by atoms with E-state index < -0.39 is 0 Å². The topological polar surface area (TPSA) is 21.3 Å². The molecule has 0 aliphatic heterocycles. The van der Waals surface area contributed by atoms with E-state index in [4.69, 9.17) is 4.42 Å². The van der Waals surface area contributed by atoms with Crippen molar-refractivity contribution in [1.82, 2.24) is 4.57 Å². The highest BCUT2D eigenvalue weighted by Crippen LogP contribution is 2.42. The van der Waals surface area contributed by atoms with Crippen LogP contribution in [0.25, 0.3) is 93.2 Å². The summed E-state index contributed by atoms with van der Waals surface area (Å²) in [4.78, 5) is 2.35. The maximum atomic E-state index is 6.32. The fourth-order valence-corrected chi connectivity index (χ4v) is 9.10. The monoisotopic (exact) mass is 752 g/mol. The van der Waals surface area contributed by atoms with Gasteiger partial charge < -0.3 is 13.9 Å². The summed E-state index contributed by atoms with van der Waals surface area (Å²) in [5, 5.41) is 9.57. The van der Waals surface area contributed by atoms with E-state index in [1.54, 1.807) is 0 Å². The van der Waals surface area contributed by atoms with E-state index in [1.165, 1.54) is 54.7 Å². The molecule has 0 unspecified atom stereocenters. The molecule has 0 amide bonds. The second-order valence-corrected chi connectivity index (χ2v) is 15.4. The number of para-hydroxylation sites is 3. The second-order valence-electron chi connectivity index (χ2n) is 15.4. The molecule has 0 aliphatic carbocycles. The SMILES string of the molecule is c1ccc(N(c2ccc(-c3ccc4ccccc4c3)cc2)c2cccc(-c3ccc4c(c3)c3ccc5cc6oc7ccccc7c6cc5c3n4-c3ccccc3)c2)cc1. The third-order valence-electron chi connectivity index (χ3n) is 11.9. The molecule has 0 spiro atoms. The molecule has 0 bridgehead atoms. The van der Waals surface area contributed by atoms with Crippen molar-refractivity contribution in [3.05, 3.63) is 218 Å². The first kappa shape index (κ1) is 33.3. The summed E-state index contributed by atoms with van der Waals surface area (Å²) in [5.74, 6) is 0. The summed E-state index contributed by atoms with van der Waals surface area (Å²) in [5.41, 5.74) is 13.4. The lowest BCUT2D eigenvalue weighted by molar-refractivity contribution is 0.669. The van der Waals surface area contributed by atoms with Gasteiger partial charge >= 0.3 is 0 Å². The molecule has 3 heteroatoms. The molecule has 2 aromatic heterocycles. The number of benzene rings is 10. The molecule has 276 valence electrons. The van der Waals surface area contributed by atoms with E-state index in [0.29, 0.717) is 0 Å². The minimum absolute atomic E-state index is 0.910. The number of rotatable bonds is 6. The maximum absolute atomic E-state index is 6.32. The molecule has 0 atom stereocenters. The fourth-order valence-electron chi connectivity index (χ4n) is 9.10. The van der Waals surface area contributed by atoms with Gasteiger partial charge in [0.25, 0.3) is 0 Å². The molecular weight excluding hydrogens is 717 g/mol. The molecule has 0 radical (unpaired) electrons. The van der Waals surface area contributed by atoms with Gasteiger partial charge in [0.05, 0.1) is 11.0 Å². The zero-order chi connectivity index (χ0) is 38.9. The number of furan rings is 1. The Hall–Kier alpha value is -7.88. The minimum atomic E-state index is 0.910. The van der Waals surface area contributed by atoms with Crippen molar-refractivity contribution >= 4 is 82.4 Å². The lowest BCUT2D eigenvalue weighted by atomic mass is 9.99. The van der Waals surface area contributed by atoms with Crippen molar-refractivity contribution in [2.45, 2.75) is 0 Å². The number of hydrogen-bond donors (Lipinski definition) is 0. The minimum Gasteiger partial charge on any atom is -0.456 e. The van der Waals surface area contributed by atoms with Crippen LogP contribution in [0, 0.1) is 0 Å². The second kappa shape index (κ2) is 13.4. The molecular formula is C56H36N2O. The van der Waals surface area contributed by atoms with Crippen molar-refractivity contribution < 1.29 is 4.42 Å². The van der Waals surface area contributed by atoms with Gasteiger partial charge in [0.1, 0.15) is 11.2 Å². The average Bonchev–Trinajstić information content (AvgIpc) is 3.84. The van der Waals surface area contributed by atoms with Crippen LogP contribution in [0.4, 0.5) is 17.1 Å². The highest BCUT2D eigenvalue weighted by molar-refractivity contribution is 6.22. The summed E-state index contributed by atoms with van der Waals surface area (Å²) >= 11 is 0. The van der Waals surface area contributed by atoms with Crippen LogP contribution < -0.4 is 4.90 Å². The van der Waals surface area contributed by atoms with Crippen LogP contribution in [-0.4, -0.2) is 4.57 Å². The maximum Gasteiger partial charge on any atom is 0.136 e. The third kappa shape index (κ3) is 5.51. The molecule has 59 heavy (non-hydrogen) atoms. The first-order chi connectivity index (χ1) is 29.2. The van der Waals surface area contributed by atoms with Gasteiger partial charge in [0.15, 0.2) is 0 Å². The third-order valence-corrected chi connectivity index (χ3v) is 11.9. The Labute approximate surface area is 341 Å². The van der Waals surface area contributed by atoms with Gasteiger partial charge in [-0.3, -0.25) is 0 Å². The molecule has 10 aromatic carbocycles. The highest BCUT2D eigenvalue weighted by atomic mass is 16.3. The molecule has 2 heterocycles. The van der Waals surface area contributed by atoms with Gasteiger partial charge in [-0.05, 0) is 123 Å². The normalized spacial score (nSPS) is 11.7. The molecule has 3 nitrogen and oxygen atoms in total. The van der Waals surface area contributed by atoms with Crippen LogP contribution in [0.3, 0.4) is 0 Å². The highest BCUT2D eigenvalue weighted by Gasteiger charge is 2.19. The first-order valence-corrected chi connectivity index (χ1v) is 20.2. The lowest BCUT2D eigenvalue weighted by Gasteiger charge is -2.26. The fraction of sp³-hybridized carbons (Fsp3) is 0. The predicted molar refractivity (Wildman–Crippen MR) is 249 cm³/mol. The van der Waals surface area contributed by atoms with Crippen LogP contribution >= 0.6 is 0 Å². The number of fused-ring (bicyclic) bond motifs is 9. The number of hydrogen-bond acceptors (Lipinski definition) is 2. The van der Waals surface area contributed by atoms with Crippen molar-refractivity contribution in [1.29, 1.82) is 0 Å². The summed E-state index contributed by atoms with van der Waals surface area (Å²) in [6, 6.07) is 78.8. The summed E-state index contributed by atoms with van der Waals surface area (Å²) in [7, 11) is 0. The van der Waals surface area contributed by atoms with Gasteiger partial charge in [-0.25, -0.2) is 0 Å². The van der Waals surface area contributed by atoms with Crippen LogP contribution in [0.15, 0.2) is 223 Å². The van der Waals surface area contributed by atoms with Crippen molar-refractivity contribution in [2.24, 2.45) is 0 Å². The zero-order valence-corrected chi connectivity index (χ0v) is 32.1. The van der Waals surface area contributed by atoms with E-state index in [1.807, 2.05) is 6.07 Å². The Kier molecular flexibility index (Phi) is 7.54. The Morgan fingerprint density at radius 2 is 0.983 bits per heavy atom. The van der Waals surface area contributed by atoms with E-state index in [2.05, 4.69) is 222 Å². The summed E-state index contributed by atoms with van der Waals surface area (Å²) < 4.78 is 8.75. The van der Waals surface area contributed by atoms with Gasteiger partial charge in [-0.1, -0.05) is 133 Å². The molecule has 12 rings (SSSR count). The summed E-state index contributed by atoms with van der Waals surface area (Å²) in [6.45, 7) is 0. The summed E-state index contributed by atoms with van der Waals surface area (Å²) in [6.07, 6.45) is 0. The standard InChI is InChI=1S/C56H36N2O/c1-3-15-44(16-4-1)57(46-28-24-38(25-29-46)41-23-22-37-12-7-8-13-39(37)32-41)47-19-11-14-40(33-47)42-27-31-53-51(34-42)49-30-26-43-35-55-52(48-20-9-10-21-54(48)59-55)36-50(43)56(49)58(53)45-17-5-2-6-18-45/h1-36H. The number of nitrogens with zero attached hydrogens (tertiary/aromatic N) is 2.